The summed E-state index contributed by atoms with van der Waals surface area (Å²) in [6.45, 7) is 2.01. The lowest BCUT2D eigenvalue weighted by Gasteiger charge is -2.10. The molecule has 4 heterocycles. The molecule has 0 spiro atoms. The van der Waals surface area contributed by atoms with Crippen molar-refractivity contribution in [2.45, 2.75) is 19.8 Å². The van der Waals surface area contributed by atoms with Crippen molar-refractivity contribution in [3.05, 3.63) is 60.8 Å². The van der Waals surface area contributed by atoms with E-state index in [0.717, 1.165) is 40.4 Å². The molecule has 5 rings (SSSR count). The SMILES string of the molecule is Cc1ccncc1-c1cc2cc(NC(=O)C3CC3)ncc2c(N)n1.Cn1cccn1. The smallest absolute Gasteiger partial charge is 0.228 e. The first-order valence-electron chi connectivity index (χ1n) is 9.73. The number of nitrogens with one attached hydrogen (secondary N) is 1. The van der Waals surface area contributed by atoms with Gasteiger partial charge in [-0.05, 0) is 55.0 Å². The fourth-order valence-electron chi connectivity index (χ4n) is 3.03. The lowest BCUT2D eigenvalue weighted by molar-refractivity contribution is -0.117. The molecule has 0 saturated heterocycles. The van der Waals surface area contributed by atoms with Gasteiger partial charge in [-0.3, -0.25) is 14.5 Å². The average molecular weight is 401 g/mol. The van der Waals surface area contributed by atoms with E-state index >= 15 is 0 Å². The van der Waals surface area contributed by atoms with Crippen molar-refractivity contribution in [3.8, 4) is 11.3 Å². The van der Waals surface area contributed by atoms with Crippen LogP contribution in [0.4, 0.5) is 11.6 Å². The van der Waals surface area contributed by atoms with Crippen molar-refractivity contribution in [2.75, 3.05) is 11.1 Å². The van der Waals surface area contributed by atoms with Crippen LogP contribution in [0, 0.1) is 12.8 Å². The van der Waals surface area contributed by atoms with E-state index in [1.54, 1.807) is 29.5 Å². The Balaban J connectivity index is 0.000000313. The van der Waals surface area contributed by atoms with Crippen LogP contribution in [0.2, 0.25) is 0 Å². The Bertz CT molecular complexity index is 1180. The number of nitrogens with two attached hydrogens (primary N) is 1. The van der Waals surface area contributed by atoms with Gasteiger partial charge in [0.15, 0.2) is 0 Å². The maximum atomic E-state index is 11.9. The molecule has 1 fully saturated rings. The van der Waals surface area contributed by atoms with Gasteiger partial charge in [0, 0.05) is 54.9 Å². The van der Waals surface area contributed by atoms with Gasteiger partial charge in [-0.2, -0.15) is 5.10 Å². The van der Waals surface area contributed by atoms with Crippen molar-refractivity contribution < 1.29 is 4.79 Å². The van der Waals surface area contributed by atoms with Crippen LogP contribution in [0.1, 0.15) is 18.4 Å². The molecule has 8 heteroatoms. The highest BCUT2D eigenvalue weighted by molar-refractivity contribution is 5.98. The number of hydrogen-bond donors (Lipinski definition) is 2. The Kier molecular flexibility index (Phi) is 5.38. The van der Waals surface area contributed by atoms with E-state index < -0.39 is 0 Å². The molecule has 0 radical (unpaired) electrons. The summed E-state index contributed by atoms with van der Waals surface area (Å²) in [5.41, 5.74) is 8.87. The lowest BCUT2D eigenvalue weighted by atomic mass is 10.1. The van der Waals surface area contributed by atoms with Gasteiger partial charge in [-0.25, -0.2) is 9.97 Å². The van der Waals surface area contributed by atoms with E-state index in [1.165, 1.54) is 0 Å². The molecular weight excluding hydrogens is 378 g/mol. The van der Waals surface area contributed by atoms with Crippen LogP contribution in [0.3, 0.4) is 0 Å². The number of nitrogen functional groups attached to an aromatic ring is 1. The van der Waals surface area contributed by atoms with Gasteiger partial charge in [0.25, 0.3) is 0 Å². The molecule has 1 aliphatic carbocycles. The molecule has 152 valence electrons. The maximum Gasteiger partial charge on any atom is 0.228 e. The van der Waals surface area contributed by atoms with Crippen molar-refractivity contribution >= 4 is 28.3 Å². The number of amides is 1. The quantitative estimate of drug-likeness (QED) is 0.544. The summed E-state index contributed by atoms with van der Waals surface area (Å²) in [5, 5.41) is 8.35. The highest BCUT2D eigenvalue weighted by Crippen LogP contribution is 2.31. The molecule has 0 unspecified atom stereocenters. The van der Waals surface area contributed by atoms with E-state index in [9.17, 15) is 4.79 Å². The number of aromatic nitrogens is 5. The van der Waals surface area contributed by atoms with Crippen LogP contribution < -0.4 is 11.1 Å². The second kappa shape index (κ2) is 8.28. The van der Waals surface area contributed by atoms with E-state index in [1.807, 2.05) is 44.4 Å². The third-order valence-corrected chi connectivity index (χ3v) is 4.90. The average Bonchev–Trinajstić information content (AvgIpc) is 3.48. The molecule has 8 nitrogen and oxygen atoms in total. The summed E-state index contributed by atoms with van der Waals surface area (Å²) in [6, 6.07) is 7.61. The summed E-state index contributed by atoms with van der Waals surface area (Å²) in [7, 11) is 1.89. The monoisotopic (exact) mass is 401 g/mol. The number of fused-ring (bicyclic) bond motifs is 1. The number of aryl methyl sites for hydroxylation is 2. The molecule has 30 heavy (non-hydrogen) atoms. The predicted octanol–water partition coefficient (Wildman–Crippen LogP) is 3.35. The number of anilines is 2. The molecule has 0 atom stereocenters. The Morgan fingerprint density at radius 2 is 2.07 bits per heavy atom. The molecule has 1 amide bonds. The van der Waals surface area contributed by atoms with Gasteiger partial charge in [0.05, 0.1) is 5.69 Å². The van der Waals surface area contributed by atoms with Crippen LogP contribution in [0.15, 0.2) is 55.2 Å². The van der Waals surface area contributed by atoms with Gasteiger partial charge in [-0.1, -0.05) is 0 Å². The van der Waals surface area contributed by atoms with Crippen LogP contribution >= 0.6 is 0 Å². The number of hydrogen-bond acceptors (Lipinski definition) is 6. The zero-order valence-corrected chi connectivity index (χ0v) is 16.9. The fourth-order valence-corrected chi connectivity index (χ4v) is 3.03. The first-order chi connectivity index (χ1) is 14.5. The van der Waals surface area contributed by atoms with Crippen LogP contribution in [0.5, 0.6) is 0 Å². The molecule has 1 aliphatic rings. The Morgan fingerprint density at radius 3 is 2.70 bits per heavy atom. The Morgan fingerprint density at radius 1 is 1.23 bits per heavy atom. The van der Waals surface area contributed by atoms with Crippen LogP contribution in [-0.4, -0.2) is 30.6 Å². The molecule has 3 N–H and O–H groups in total. The third kappa shape index (κ3) is 4.43. The Labute approximate surface area is 174 Å². The van der Waals surface area contributed by atoms with Gasteiger partial charge in [-0.15, -0.1) is 0 Å². The largest absolute Gasteiger partial charge is 0.383 e. The minimum Gasteiger partial charge on any atom is -0.383 e. The summed E-state index contributed by atoms with van der Waals surface area (Å²) in [5.74, 6) is 1.13. The number of nitrogens with zero attached hydrogens (tertiary/aromatic N) is 5. The van der Waals surface area contributed by atoms with Crippen molar-refractivity contribution in [1.29, 1.82) is 0 Å². The zero-order chi connectivity index (χ0) is 21.1. The van der Waals surface area contributed by atoms with Crippen molar-refractivity contribution in [2.24, 2.45) is 13.0 Å². The van der Waals surface area contributed by atoms with Crippen molar-refractivity contribution in [1.82, 2.24) is 24.7 Å². The number of rotatable bonds is 3. The highest BCUT2D eigenvalue weighted by Gasteiger charge is 2.29. The topological polar surface area (TPSA) is 112 Å². The van der Waals surface area contributed by atoms with Crippen LogP contribution in [-0.2, 0) is 11.8 Å². The van der Waals surface area contributed by atoms with Crippen molar-refractivity contribution in [3.63, 3.8) is 0 Å². The molecule has 4 aromatic rings. The summed E-state index contributed by atoms with van der Waals surface area (Å²) >= 11 is 0. The number of carbonyl (C=O) groups is 1. The zero-order valence-electron chi connectivity index (χ0n) is 16.9. The van der Waals surface area contributed by atoms with E-state index in [-0.39, 0.29) is 11.8 Å². The second-order valence-electron chi connectivity index (χ2n) is 7.32. The minimum absolute atomic E-state index is 0.0344. The van der Waals surface area contributed by atoms with Gasteiger partial charge in [0.2, 0.25) is 5.91 Å². The molecule has 0 aromatic carbocycles. The highest BCUT2D eigenvalue weighted by atomic mass is 16.2. The first kappa shape index (κ1) is 19.5. The molecule has 0 bridgehead atoms. The normalized spacial score (nSPS) is 12.9. The first-order valence-corrected chi connectivity index (χ1v) is 9.73. The second-order valence-corrected chi connectivity index (χ2v) is 7.32. The predicted molar refractivity (Wildman–Crippen MR) is 116 cm³/mol. The van der Waals surface area contributed by atoms with Gasteiger partial charge < -0.3 is 11.1 Å². The van der Waals surface area contributed by atoms with Crippen LogP contribution in [0.25, 0.3) is 22.0 Å². The van der Waals surface area contributed by atoms with E-state index in [0.29, 0.717) is 11.6 Å². The standard InChI is InChI=1S/C18H17N5O.C4H6N2/c1-10-4-5-20-8-13(10)15-6-12-7-16(23-18(24)11-2-3-11)21-9-14(12)17(19)22-15;1-6-4-2-3-5-6/h4-9,11H,2-3H2,1H3,(H2,19,22)(H,21,23,24);2-4H,1H3. The number of carbonyl (C=O) groups excluding carboxylic acids is 1. The molecular formula is C22H23N7O. The number of pyridine rings is 3. The summed E-state index contributed by atoms with van der Waals surface area (Å²) < 4.78 is 1.75. The molecule has 4 aromatic heterocycles. The summed E-state index contributed by atoms with van der Waals surface area (Å²) in [4.78, 5) is 24.8. The Hall–Kier alpha value is -3.81. The third-order valence-electron chi connectivity index (χ3n) is 4.90. The molecule has 0 aliphatic heterocycles. The molecule has 1 saturated carbocycles. The summed E-state index contributed by atoms with van der Waals surface area (Å²) in [6.07, 6.45) is 10.7. The lowest BCUT2D eigenvalue weighted by Crippen LogP contribution is -2.14. The van der Waals surface area contributed by atoms with Gasteiger partial charge >= 0.3 is 0 Å². The van der Waals surface area contributed by atoms with Gasteiger partial charge in [0.1, 0.15) is 11.6 Å². The fraction of sp³-hybridized carbons (Fsp3) is 0.227. The maximum absolute atomic E-state index is 11.9. The van der Waals surface area contributed by atoms with E-state index in [2.05, 4.69) is 25.4 Å². The van der Waals surface area contributed by atoms with E-state index in [4.69, 9.17) is 5.73 Å². The minimum atomic E-state index is 0.0344.